The van der Waals surface area contributed by atoms with E-state index < -0.39 is 0 Å². The van der Waals surface area contributed by atoms with Crippen molar-refractivity contribution >= 4 is 5.91 Å². The maximum atomic E-state index is 13.3. The van der Waals surface area contributed by atoms with Crippen molar-refractivity contribution in [2.24, 2.45) is 5.41 Å². The first-order valence-corrected chi connectivity index (χ1v) is 12.0. The maximum absolute atomic E-state index is 13.3. The van der Waals surface area contributed by atoms with Gasteiger partial charge in [0.15, 0.2) is 0 Å². The summed E-state index contributed by atoms with van der Waals surface area (Å²) in [5.41, 5.74) is 2.53. The quantitative estimate of drug-likeness (QED) is 0.317. The normalized spacial score (nSPS) is 11.6. The van der Waals surface area contributed by atoms with Gasteiger partial charge in [-0.05, 0) is 66.7 Å². The van der Waals surface area contributed by atoms with E-state index in [-0.39, 0.29) is 29.5 Å². The van der Waals surface area contributed by atoms with Crippen molar-refractivity contribution in [2.45, 2.75) is 46.6 Å². The summed E-state index contributed by atoms with van der Waals surface area (Å²) in [6.45, 7) is 10.3. The molecule has 2 rings (SSSR count). The van der Waals surface area contributed by atoms with Gasteiger partial charge in [0.2, 0.25) is 5.91 Å². The smallest absolute Gasteiger partial charge is 0.223 e. The van der Waals surface area contributed by atoms with E-state index in [1.807, 2.05) is 23.1 Å². The van der Waals surface area contributed by atoms with Crippen molar-refractivity contribution in [3.8, 4) is 5.75 Å². The number of benzene rings is 2. The fourth-order valence-corrected chi connectivity index (χ4v) is 3.76. The van der Waals surface area contributed by atoms with E-state index in [0.29, 0.717) is 44.7 Å². The standard InChI is InChI=1S/C27H40FN3O3/c1-27(2,3)20-31(16-15-30-13-10-22-7-8-25(33)23(17-22)19-32)26(34)11-14-29-12-9-21-5-4-6-24(28)18-21/h4-8,17-18,29-30,32-33H,9-16,19-20H2,1-3H3. The van der Waals surface area contributed by atoms with E-state index >= 15 is 0 Å². The Morgan fingerprint density at radius 3 is 2.29 bits per heavy atom. The molecular formula is C27H40FN3O3. The Morgan fingerprint density at radius 1 is 0.971 bits per heavy atom. The van der Waals surface area contributed by atoms with Crippen molar-refractivity contribution < 1.29 is 19.4 Å². The van der Waals surface area contributed by atoms with Crippen LogP contribution >= 0.6 is 0 Å². The molecule has 0 bridgehead atoms. The zero-order valence-electron chi connectivity index (χ0n) is 20.7. The number of carbonyl (C=O) groups is 1. The van der Waals surface area contributed by atoms with Crippen LogP contribution in [-0.2, 0) is 24.2 Å². The largest absolute Gasteiger partial charge is 0.508 e. The van der Waals surface area contributed by atoms with E-state index in [9.17, 15) is 19.4 Å². The molecule has 0 unspecified atom stereocenters. The second-order valence-corrected chi connectivity index (χ2v) is 9.88. The fraction of sp³-hybridized carbons (Fsp3) is 0.519. The molecule has 1 amide bonds. The number of halogens is 1. The molecule has 0 aliphatic rings. The topological polar surface area (TPSA) is 84.8 Å². The minimum Gasteiger partial charge on any atom is -0.508 e. The molecular weight excluding hydrogens is 433 g/mol. The maximum Gasteiger partial charge on any atom is 0.223 e. The third-order valence-corrected chi connectivity index (χ3v) is 5.48. The average Bonchev–Trinajstić information content (AvgIpc) is 2.78. The molecule has 2 aromatic carbocycles. The highest BCUT2D eigenvalue weighted by Crippen LogP contribution is 2.18. The highest BCUT2D eigenvalue weighted by molar-refractivity contribution is 5.76. The summed E-state index contributed by atoms with van der Waals surface area (Å²) in [5, 5.41) is 25.6. The Labute approximate surface area is 203 Å². The Morgan fingerprint density at radius 2 is 1.65 bits per heavy atom. The zero-order valence-corrected chi connectivity index (χ0v) is 20.7. The van der Waals surface area contributed by atoms with Crippen LogP contribution in [0.5, 0.6) is 5.75 Å². The molecule has 188 valence electrons. The van der Waals surface area contributed by atoms with Crippen LogP contribution in [0.25, 0.3) is 0 Å². The SMILES string of the molecule is CC(C)(C)CN(CCNCCc1ccc(O)c(CO)c1)C(=O)CCNCCc1cccc(F)c1. The van der Waals surface area contributed by atoms with Crippen molar-refractivity contribution in [3.05, 3.63) is 65.0 Å². The summed E-state index contributed by atoms with van der Waals surface area (Å²) in [6.07, 6.45) is 1.93. The lowest BCUT2D eigenvalue weighted by Crippen LogP contribution is -2.42. The predicted molar refractivity (Wildman–Crippen MR) is 134 cm³/mol. The molecule has 0 aliphatic carbocycles. The molecule has 0 atom stereocenters. The van der Waals surface area contributed by atoms with Crippen LogP contribution in [-0.4, -0.2) is 60.3 Å². The van der Waals surface area contributed by atoms with Crippen molar-refractivity contribution in [3.63, 3.8) is 0 Å². The monoisotopic (exact) mass is 473 g/mol. The minimum absolute atomic E-state index is 0.00715. The van der Waals surface area contributed by atoms with Crippen LogP contribution < -0.4 is 10.6 Å². The molecule has 0 fully saturated rings. The first-order chi connectivity index (χ1) is 16.2. The first kappa shape index (κ1) is 27.8. The van der Waals surface area contributed by atoms with Gasteiger partial charge >= 0.3 is 0 Å². The summed E-state index contributed by atoms with van der Waals surface area (Å²) in [5.74, 6) is 0.0113. The van der Waals surface area contributed by atoms with Crippen LogP contribution in [0.4, 0.5) is 4.39 Å². The molecule has 0 saturated heterocycles. The number of phenols is 1. The highest BCUT2D eigenvalue weighted by atomic mass is 19.1. The zero-order chi connectivity index (χ0) is 25.0. The predicted octanol–water partition coefficient (Wildman–Crippen LogP) is 3.25. The first-order valence-electron chi connectivity index (χ1n) is 12.0. The van der Waals surface area contributed by atoms with Gasteiger partial charge in [-0.3, -0.25) is 4.79 Å². The van der Waals surface area contributed by atoms with E-state index in [2.05, 4.69) is 31.4 Å². The lowest BCUT2D eigenvalue weighted by Gasteiger charge is -2.30. The molecule has 0 aliphatic heterocycles. The van der Waals surface area contributed by atoms with Gasteiger partial charge in [0.05, 0.1) is 6.61 Å². The summed E-state index contributed by atoms with van der Waals surface area (Å²) in [6, 6.07) is 11.9. The highest BCUT2D eigenvalue weighted by Gasteiger charge is 2.20. The number of aliphatic hydroxyl groups is 1. The lowest BCUT2D eigenvalue weighted by molar-refractivity contribution is -0.132. The van der Waals surface area contributed by atoms with Gasteiger partial charge in [-0.1, -0.05) is 39.0 Å². The number of nitrogens with one attached hydrogen (secondary N) is 2. The molecule has 0 saturated carbocycles. The third kappa shape index (κ3) is 10.6. The van der Waals surface area contributed by atoms with Crippen LogP contribution in [0.2, 0.25) is 0 Å². The number of aromatic hydroxyl groups is 1. The van der Waals surface area contributed by atoms with Crippen LogP contribution in [0.1, 0.15) is 43.9 Å². The van der Waals surface area contributed by atoms with E-state index in [1.54, 1.807) is 12.1 Å². The molecule has 6 nitrogen and oxygen atoms in total. The van der Waals surface area contributed by atoms with Gasteiger partial charge in [0.1, 0.15) is 11.6 Å². The number of amides is 1. The van der Waals surface area contributed by atoms with E-state index in [0.717, 1.165) is 30.5 Å². The third-order valence-electron chi connectivity index (χ3n) is 5.48. The Bertz CT molecular complexity index is 899. The summed E-state index contributed by atoms with van der Waals surface area (Å²) in [4.78, 5) is 14.8. The van der Waals surface area contributed by atoms with Crippen LogP contribution in [0.3, 0.4) is 0 Å². The Hall–Kier alpha value is -2.48. The molecule has 34 heavy (non-hydrogen) atoms. The van der Waals surface area contributed by atoms with Gasteiger partial charge in [0, 0.05) is 38.2 Å². The molecule has 0 aromatic heterocycles. The van der Waals surface area contributed by atoms with Crippen molar-refractivity contribution in [2.75, 3.05) is 39.3 Å². The van der Waals surface area contributed by atoms with Crippen LogP contribution in [0, 0.1) is 11.2 Å². The number of nitrogens with zero attached hydrogens (tertiary/aromatic N) is 1. The number of hydrogen-bond acceptors (Lipinski definition) is 5. The number of aliphatic hydroxyl groups excluding tert-OH is 1. The summed E-state index contributed by atoms with van der Waals surface area (Å²) in [7, 11) is 0. The van der Waals surface area contributed by atoms with Crippen molar-refractivity contribution in [1.29, 1.82) is 0 Å². The number of hydrogen-bond donors (Lipinski definition) is 4. The fourth-order valence-electron chi connectivity index (χ4n) is 3.76. The molecule has 2 aromatic rings. The van der Waals surface area contributed by atoms with E-state index in [4.69, 9.17) is 0 Å². The van der Waals surface area contributed by atoms with Gasteiger partial charge < -0.3 is 25.7 Å². The number of carbonyl (C=O) groups excluding carboxylic acids is 1. The molecule has 0 spiro atoms. The van der Waals surface area contributed by atoms with Gasteiger partial charge in [0.25, 0.3) is 0 Å². The van der Waals surface area contributed by atoms with Crippen LogP contribution in [0.15, 0.2) is 42.5 Å². The van der Waals surface area contributed by atoms with Gasteiger partial charge in [-0.2, -0.15) is 0 Å². The van der Waals surface area contributed by atoms with Gasteiger partial charge in [-0.25, -0.2) is 4.39 Å². The molecule has 4 N–H and O–H groups in total. The Kier molecular flexibility index (Phi) is 11.5. The van der Waals surface area contributed by atoms with Crippen molar-refractivity contribution in [1.82, 2.24) is 15.5 Å². The second-order valence-electron chi connectivity index (χ2n) is 9.88. The second kappa shape index (κ2) is 14.0. The Balaban J connectivity index is 1.71. The lowest BCUT2D eigenvalue weighted by atomic mass is 9.96. The van der Waals surface area contributed by atoms with Gasteiger partial charge in [-0.15, -0.1) is 0 Å². The summed E-state index contributed by atoms with van der Waals surface area (Å²) >= 11 is 0. The summed E-state index contributed by atoms with van der Waals surface area (Å²) < 4.78 is 13.3. The number of rotatable bonds is 14. The molecule has 0 heterocycles. The van der Waals surface area contributed by atoms with E-state index in [1.165, 1.54) is 12.1 Å². The average molecular weight is 474 g/mol. The minimum atomic E-state index is -0.225. The molecule has 0 radical (unpaired) electrons. The molecule has 7 heteroatoms.